The maximum absolute atomic E-state index is 11.5. The molecule has 0 spiro atoms. The highest BCUT2D eigenvalue weighted by atomic mass is 16.6. The van der Waals surface area contributed by atoms with Crippen molar-refractivity contribution in [2.75, 3.05) is 23.7 Å². The molecule has 4 N–H and O–H groups in total. The van der Waals surface area contributed by atoms with Gasteiger partial charge in [-0.25, -0.2) is 4.63 Å². The number of nitrogens with zero attached hydrogens (tertiary/aromatic N) is 3. The van der Waals surface area contributed by atoms with E-state index in [2.05, 4.69) is 15.2 Å². The van der Waals surface area contributed by atoms with Crippen LogP contribution in [-0.2, 0) is 4.79 Å². The van der Waals surface area contributed by atoms with E-state index >= 15 is 0 Å². The van der Waals surface area contributed by atoms with Gasteiger partial charge in [-0.3, -0.25) is 4.79 Å². The highest BCUT2D eigenvalue weighted by Crippen LogP contribution is 2.36. The number of carbonyl (C=O) groups is 1. The van der Waals surface area contributed by atoms with Crippen molar-refractivity contribution >= 4 is 28.3 Å². The molecule has 1 aliphatic heterocycles. The van der Waals surface area contributed by atoms with Gasteiger partial charge in [0.2, 0.25) is 5.91 Å². The summed E-state index contributed by atoms with van der Waals surface area (Å²) in [6.07, 6.45) is 0.722. The Morgan fingerprint density at radius 2 is 2.16 bits per heavy atom. The number of benzene rings is 1. The Bertz CT molecular complexity index is 653. The third kappa shape index (κ3) is 1.69. The number of hydrogen-bond donors (Lipinski definition) is 2. The number of primary amides is 1. The molecule has 2 aromatic rings. The van der Waals surface area contributed by atoms with E-state index in [0.29, 0.717) is 23.3 Å². The minimum Gasteiger partial charge on any atom is -0.397 e. The van der Waals surface area contributed by atoms with Crippen molar-refractivity contribution in [3.8, 4) is 0 Å². The first-order chi connectivity index (χ1) is 9.01. The summed E-state index contributed by atoms with van der Waals surface area (Å²) in [7, 11) is 0. The summed E-state index contributed by atoms with van der Waals surface area (Å²) in [6, 6.07) is 3.64. The number of amides is 1. The van der Waals surface area contributed by atoms with Crippen LogP contribution >= 0.6 is 0 Å². The average Bonchev–Trinajstić information content (AvgIpc) is 2.98. The van der Waals surface area contributed by atoms with E-state index in [0.717, 1.165) is 18.7 Å². The monoisotopic (exact) mass is 261 g/mol. The molecule has 1 aliphatic rings. The molecule has 19 heavy (non-hydrogen) atoms. The normalized spacial score (nSPS) is 23.1. The predicted octanol–water partition coefficient (Wildman–Crippen LogP) is 0.507. The van der Waals surface area contributed by atoms with Gasteiger partial charge in [0, 0.05) is 13.1 Å². The van der Waals surface area contributed by atoms with Crippen molar-refractivity contribution in [2.24, 2.45) is 11.1 Å². The van der Waals surface area contributed by atoms with Crippen LogP contribution in [0.5, 0.6) is 0 Å². The first-order valence-electron chi connectivity index (χ1n) is 6.07. The zero-order valence-corrected chi connectivity index (χ0v) is 10.6. The molecule has 3 rings (SSSR count). The van der Waals surface area contributed by atoms with Crippen LogP contribution < -0.4 is 16.4 Å². The summed E-state index contributed by atoms with van der Waals surface area (Å²) < 4.78 is 4.75. The smallest absolute Gasteiger partial charge is 0.225 e. The summed E-state index contributed by atoms with van der Waals surface area (Å²) in [5.74, 6) is -0.278. The molecule has 1 fully saturated rings. The Balaban J connectivity index is 2.01. The molecule has 2 heterocycles. The number of nitrogens with two attached hydrogens (primary N) is 2. The van der Waals surface area contributed by atoms with Gasteiger partial charge >= 0.3 is 0 Å². The number of hydrogen-bond acceptors (Lipinski definition) is 6. The molecule has 7 nitrogen and oxygen atoms in total. The lowest BCUT2D eigenvalue weighted by Crippen LogP contribution is -2.37. The maximum atomic E-state index is 11.5. The lowest BCUT2D eigenvalue weighted by molar-refractivity contribution is -0.125. The molecule has 1 aromatic heterocycles. The van der Waals surface area contributed by atoms with Crippen molar-refractivity contribution < 1.29 is 9.42 Å². The Morgan fingerprint density at radius 3 is 2.84 bits per heavy atom. The van der Waals surface area contributed by atoms with Gasteiger partial charge in [0.1, 0.15) is 0 Å². The Hall–Kier alpha value is -2.31. The van der Waals surface area contributed by atoms with Crippen molar-refractivity contribution in [3.63, 3.8) is 0 Å². The van der Waals surface area contributed by atoms with E-state index in [-0.39, 0.29) is 5.91 Å². The van der Waals surface area contributed by atoms with Gasteiger partial charge in [0.25, 0.3) is 0 Å². The third-order valence-electron chi connectivity index (χ3n) is 3.83. The minimum absolute atomic E-state index is 0.278. The molecule has 7 heteroatoms. The maximum Gasteiger partial charge on any atom is 0.225 e. The fraction of sp³-hybridized carbons (Fsp3) is 0.417. The number of carbonyl (C=O) groups excluding carboxylic acids is 1. The molecule has 1 unspecified atom stereocenters. The van der Waals surface area contributed by atoms with E-state index in [4.69, 9.17) is 16.1 Å². The Morgan fingerprint density at radius 1 is 1.42 bits per heavy atom. The van der Waals surface area contributed by atoms with Crippen LogP contribution in [-0.4, -0.2) is 29.3 Å². The van der Waals surface area contributed by atoms with Gasteiger partial charge in [0.05, 0.1) is 16.8 Å². The molecule has 1 amide bonds. The van der Waals surface area contributed by atoms with Crippen LogP contribution in [0.15, 0.2) is 16.8 Å². The van der Waals surface area contributed by atoms with Gasteiger partial charge < -0.3 is 16.4 Å². The van der Waals surface area contributed by atoms with Gasteiger partial charge in [-0.1, -0.05) is 0 Å². The molecule has 100 valence electrons. The van der Waals surface area contributed by atoms with Crippen LogP contribution in [0.4, 0.5) is 11.4 Å². The van der Waals surface area contributed by atoms with Crippen LogP contribution in [0, 0.1) is 5.41 Å². The van der Waals surface area contributed by atoms with Gasteiger partial charge in [-0.05, 0) is 35.8 Å². The highest BCUT2D eigenvalue weighted by molar-refractivity contribution is 5.96. The molecule has 0 saturated carbocycles. The molecule has 1 saturated heterocycles. The SMILES string of the molecule is CC1(C(N)=O)CCN(c2ccc(N)c3nonc23)C1. The predicted molar refractivity (Wildman–Crippen MR) is 70.3 cm³/mol. The van der Waals surface area contributed by atoms with Crippen LogP contribution in [0.1, 0.15) is 13.3 Å². The molecule has 1 atom stereocenters. The number of fused-ring (bicyclic) bond motifs is 1. The van der Waals surface area contributed by atoms with E-state index < -0.39 is 5.41 Å². The van der Waals surface area contributed by atoms with Crippen molar-refractivity contribution in [1.82, 2.24) is 10.3 Å². The summed E-state index contributed by atoms with van der Waals surface area (Å²) in [5.41, 5.74) is 13.3. The summed E-state index contributed by atoms with van der Waals surface area (Å²) in [6.45, 7) is 3.18. The zero-order chi connectivity index (χ0) is 13.6. The lowest BCUT2D eigenvalue weighted by Gasteiger charge is -2.22. The molecule has 0 bridgehead atoms. The minimum atomic E-state index is -0.509. The zero-order valence-electron chi connectivity index (χ0n) is 10.6. The standard InChI is InChI=1S/C12H15N5O2/c1-12(11(14)18)4-5-17(6-12)8-3-2-7(13)9-10(8)16-19-15-9/h2-3H,4-6,13H2,1H3,(H2,14,18). The lowest BCUT2D eigenvalue weighted by atomic mass is 9.89. The molecule has 0 aliphatic carbocycles. The van der Waals surface area contributed by atoms with Crippen molar-refractivity contribution in [1.29, 1.82) is 0 Å². The van der Waals surface area contributed by atoms with Crippen LogP contribution in [0.25, 0.3) is 11.0 Å². The summed E-state index contributed by atoms with van der Waals surface area (Å²) >= 11 is 0. The molecular weight excluding hydrogens is 246 g/mol. The fourth-order valence-corrected chi connectivity index (χ4v) is 2.50. The molecule has 0 radical (unpaired) electrons. The second-order valence-corrected chi connectivity index (χ2v) is 5.23. The highest BCUT2D eigenvalue weighted by Gasteiger charge is 2.39. The summed E-state index contributed by atoms with van der Waals surface area (Å²) in [4.78, 5) is 13.6. The molecule has 1 aromatic carbocycles. The van der Waals surface area contributed by atoms with E-state index in [1.165, 1.54) is 0 Å². The van der Waals surface area contributed by atoms with E-state index in [1.54, 1.807) is 6.07 Å². The molecular formula is C12H15N5O2. The second-order valence-electron chi connectivity index (χ2n) is 5.23. The van der Waals surface area contributed by atoms with Gasteiger partial charge in [0.15, 0.2) is 11.0 Å². The Kier molecular flexibility index (Phi) is 2.38. The first-order valence-corrected chi connectivity index (χ1v) is 6.07. The average molecular weight is 261 g/mol. The third-order valence-corrected chi connectivity index (χ3v) is 3.83. The summed E-state index contributed by atoms with van der Waals surface area (Å²) in [5, 5.41) is 7.69. The quantitative estimate of drug-likeness (QED) is 0.762. The topological polar surface area (TPSA) is 111 Å². The van der Waals surface area contributed by atoms with E-state index in [1.807, 2.05) is 13.0 Å². The van der Waals surface area contributed by atoms with Gasteiger partial charge in [-0.15, -0.1) is 0 Å². The Labute approximate surface area is 109 Å². The second kappa shape index (κ2) is 3.84. The van der Waals surface area contributed by atoms with Crippen molar-refractivity contribution in [3.05, 3.63) is 12.1 Å². The fourth-order valence-electron chi connectivity index (χ4n) is 2.50. The van der Waals surface area contributed by atoms with Crippen molar-refractivity contribution in [2.45, 2.75) is 13.3 Å². The van der Waals surface area contributed by atoms with E-state index in [9.17, 15) is 4.79 Å². The largest absolute Gasteiger partial charge is 0.397 e. The first kappa shape index (κ1) is 11.8. The van der Waals surface area contributed by atoms with Crippen LogP contribution in [0.2, 0.25) is 0 Å². The number of nitrogen functional groups attached to an aromatic ring is 1. The van der Waals surface area contributed by atoms with Gasteiger partial charge in [-0.2, -0.15) is 0 Å². The number of rotatable bonds is 2. The van der Waals surface area contributed by atoms with Crippen LogP contribution in [0.3, 0.4) is 0 Å². The number of anilines is 2. The number of aromatic nitrogens is 2.